The predicted octanol–water partition coefficient (Wildman–Crippen LogP) is 6.22. The van der Waals surface area contributed by atoms with Crippen LogP contribution >= 0.6 is 11.6 Å². The van der Waals surface area contributed by atoms with E-state index in [4.69, 9.17) is 17.3 Å². The van der Waals surface area contributed by atoms with Gasteiger partial charge in [0.25, 0.3) is 5.91 Å². The molecule has 11 nitrogen and oxygen atoms in total. The molecule has 0 saturated carbocycles. The van der Waals surface area contributed by atoms with Gasteiger partial charge in [0.2, 0.25) is 15.9 Å². The molecule has 4 N–H and O–H groups in total. The first-order chi connectivity index (χ1) is 26.4. The summed E-state index contributed by atoms with van der Waals surface area (Å²) in [5.74, 6) is -2.43. The summed E-state index contributed by atoms with van der Waals surface area (Å²) in [6.07, 6.45) is 4.96. The molecule has 2 heterocycles. The van der Waals surface area contributed by atoms with Crippen LogP contribution in [0.3, 0.4) is 0 Å². The minimum atomic E-state index is -4.29. The maximum Gasteiger partial charge on any atom is 0.318 e. The van der Waals surface area contributed by atoms with Gasteiger partial charge in [-0.05, 0) is 112 Å². The van der Waals surface area contributed by atoms with E-state index in [9.17, 15) is 31.6 Å². The Morgan fingerprint density at radius 1 is 1.02 bits per heavy atom. The maximum atomic E-state index is 14.9. The van der Waals surface area contributed by atoms with E-state index in [0.717, 1.165) is 55.7 Å². The van der Waals surface area contributed by atoms with E-state index >= 15 is 0 Å². The SMILES string of the molecule is C=CCN(C(=O)NCc1ccc(C(N)=O)cc1)C1CCN(CCC2(c3cccc(F)c3)CCN(C(=O)c3cc(S(=O)(=O)NC(C)(C)C)c(F)cc3Cl)CC2)CC1. The van der Waals surface area contributed by atoms with Gasteiger partial charge in [-0.2, -0.15) is 0 Å². The molecule has 0 unspecified atom stereocenters. The van der Waals surface area contributed by atoms with Gasteiger partial charge >= 0.3 is 6.03 Å². The molecule has 302 valence electrons. The second kappa shape index (κ2) is 17.8. The van der Waals surface area contributed by atoms with Crippen molar-refractivity contribution >= 4 is 39.5 Å². The second-order valence-electron chi connectivity index (χ2n) is 15.7. The van der Waals surface area contributed by atoms with E-state index in [1.54, 1.807) is 73.0 Å². The number of benzene rings is 3. The van der Waals surface area contributed by atoms with E-state index in [2.05, 4.69) is 21.5 Å². The molecular formula is C41H51ClF2N6O5S. The number of piperidine rings is 2. The summed E-state index contributed by atoms with van der Waals surface area (Å²) in [7, 11) is -4.29. The minimum Gasteiger partial charge on any atom is -0.366 e. The van der Waals surface area contributed by atoms with Crippen molar-refractivity contribution in [3.05, 3.63) is 112 Å². The zero-order chi connectivity index (χ0) is 40.8. The number of halogens is 3. The van der Waals surface area contributed by atoms with Gasteiger partial charge in [0.1, 0.15) is 16.5 Å². The van der Waals surface area contributed by atoms with E-state index in [1.165, 1.54) is 6.07 Å². The van der Waals surface area contributed by atoms with Crippen LogP contribution in [-0.2, 0) is 22.0 Å². The number of hydrogen-bond acceptors (Lipinski definition) is 6. The molecule has 15 heteroatoms. The first-order valence-corrected chi connectivity index (χ1v) is 20.6. The van der Waals surface area contributed by atoms with Crippen LogP contribution in [0, 0.1) is 11.6 Å². The molecule has 0 aromatic heterocycles. The fourth-order valence-electron chi connectivity index (χ4n) is 7.60. The molecule has 2 saturated heterocycles. The van der Waals surface area contributed by atoms with Gasteiger partial charge in [0, 0.05) is 56.4 Å². The Hall–Kier alpha value is -4.37. The fraction of sp³-hybridized carbons (Fsp3) is 0.439. The minimum absolute atomic E-state index is 0.00551. The van der Waals surface area contributed by atoms with Crippen LogP contribution in [0.4, 0.5) is 13.6 Å². The monoisotopic (exact) mass is 812 g/mol. The van der Waals surface area contributed by atoms with Crippen molar-refractivity contribution in [3.63, 3.8) is 0 Å². The molecule has 0 atom stereocenters. The first kappa shape index (κ1) is 42.8. The van der Waals surface area contributed by atoms with Crippen LogP contribution in [0.15, 0.2) is 78.2 Å². The number of amides is 4. The maximum absolute atomic E-state index is 14.9. The van der Waals surface area contributed by atoms with E-state index in [-0.39, 0.29) is 28.5 Å². The van der Waals surface area contributed by atoms with Crippen LogP contribution in [0.2, 0.25) is 5.02 Å². The van der Waals surface area contributed by atoms with E-state index in [1.807, 2.05) is 6.07 Å². The highest BCUT2D eigenvalue weighted by Crippen LogP contribution is 2.40. The van der Waals surface area contributed by atoms with Crippen LogP contribution in [0.25, 0.3) is 0 Å². The van der Waals surface area contributed by atoms with E-state index < -0.39 is 43.5 Å². The Labute approximate surface area is 333 Å². The Kier molecular flexibility index (Phi) is 13.6. The second-order valence-corrected chi connectivity index (χ2v) is 17.7. The summed E-state index contributed by atoms with van der Waals surface area (Å²) in [5.41, 5.74) is 5.97. The highest BCUT2D eigenvalue weighted by atomic mass is 35.5. The van der Waals surface area contributed by atoms with Gasteiger partial charge in [0.15, 0.2) is 0 Å². The summed E-state index contributed by atoms with van der Waals surface area (Å²) in [6, 6.07) is 15.0. The number of nitrogens with two attached hydrogens (primary N) is 1. The van der Waals surface area contributed by atoms with Crippen molar-refractivity contribution in [2.45, 2.75) is 81.3 Å². The van der Waals surface area contributed by atoms with Crippen molar-refractivity contribution < 1.29 is 31.6 Å². The van der Waals surface area contributed by atoms with Crippen molar-refractivity contribution in [2.75, 3.05) is 39.3 Å². The summed E-state index contributed by atoms with van der Waals surface area (Å²) in [5, 5.41) is 2.79. The molecule has 0 radical (unpaired) electrons. The lowest BCUT2D eigenvalue weighted by molar-refractivity contribution is 0.0638. The summed E-state index contributed by atoms with van der Waals surface area (Å²) >= 11 is 6.33. The van der Waals surface area contributed by atoms with Gasteiger partial charge in [-0.25, -0.2) is 26.7 Å². The highest BCUT2D eigenvalue weighted by Gasteiger charge is 2.39. The third-order valence-electron chi connectivity index (χ3n) is 10.6. The zero-order valence-electron chi connectivity index (χ0n) is 32.1. The Balaban J connectivity index is 1.22. The summed E-state index contributed by atoms with van der Waals surface area (Å²) in [4.78, 5) is 43.6. The van der Waals surface area contributed by atoms with Crippen molar-refractivity contribution in [1.29, 1.82) is 0 Å². The molecule has 0 aliphatic carbocycles. The van der Waals surface area contributed by atoms with E-state index in [0.29, 0.717) is 51.0 Å². The number of primary amides is 1. The third kappa shape index (κ3) is 10.5. The molecular weight excluding hydrogens is 762 g/mol. The van der Waals surface area contributed by atoms with Crippen LogP contribution in [0.5, 0.6) is 0 Å². The molecule has 4 amide bonds. The molecule has 0 bridgehead atoms. The number of urea groups is 1. The number of rotatable bonds is 13. The smallest absolute Gasteiger partial charge is 0.318 e. The number of hydrogen-bond donors (Lipinski definition) is 3. The predicted molar refractivity (Wildman–Crippen MR) is 213 cm³/mol. The van der Waals surface area contributed by atoms with Crippen LogP contribution in [0.1, 0.15) is 84.7 Å². The Morgan fingerprint density at radius 2 is 1.68 bits per heavy atom. The summed E-state index contributed by atoms with van der Waals surface area (Å²) in [6.45, 7) is 12.3. The Morgan fingerprint density at radius 3 is 2.27 bits per heavy atom. The molecule has 3 aromatic carbocycles. The first-order valence-electron chi connectivity index (χ1n) is 18.8. The standard InChI is InChI=1S/C41H51ClF2N6O5S/c1-5-18-50(39(53)46-27-28-9-11-29(12-10-28)37(45)51)32-13-19-48(20-14-32)21-15-41(30-7-6-8-31(43)24-30)16-22-49(23-17-41)38(52)33-25-36(35(44)26-34(33)42)56(54,55)47-40(2,3)4/h5-12,24-26,32,47H,1,13-23,27H2,2-4H3,(H2,45,51)(H,46,53). The lowest BCUT2D eigenvalue weighted by atomic mass is 9.70. The molecule has 0 spiro atoms. The van der Waals surface area contributed by atoms with Crippen molar-refractivity contribution in [2.24, 2.45) is 5.73 Å². The van der Waals surface area contributed by atoms with Crippen LogP contribution in [-0.4, -0.2) is 91.8 Å². The lowest BCUT2D eigenvalue weighted by Gasteiger charge is -2.44. The van der Waals surface area contributed by atoms with Gasteiger partial charge in [-0.1, -0.05) is 41.9 Å². The van der Waals surface area contributed by atoms with Gasteiger partial charge < -0.3 is 25.8 Å². The highest BCUT2D eigenvalue weighted by molar-refractivity contribution is 7.89. The van der Waals surface area contributed by atoms with Gasteiger partial charge in [-0.3, -0.25) is 9.59 Å². The quantitative estimate of drug-likeness (QED) is 0.175. The number of nitrogens with zero attached hydrogens (tertiary/aromatic N) is 3. The molecule has 56 heavy (non-hydrogen) atoms. The van der Waals surface area contributed by atoms with Gasteiger partial charge in [-0.15, -0.1) is 6.58 Å². The number of nitrogens with one attached hydrogen (secondary N) is 2. The molecule has 2 aliphatic rings. The molecule has 2 aliphatic heterocycles. The summed E-state index contributed by atoms with van der Waals surface area (Å²) < 4.78 is 58.0. The number of sulfonamides is 1. The third-order valence-corrected chi connectivity index (χ3v) is 12.7. The Bertz CT molecular complexity index is 2030. The average molecular weight is 813 g/mol. The largest absolute Gasteiger partial charge is 0.366 e. The fourth-order valence-corrected chi connectivity index (χ4v) is 9.33. The number of carbonyl (C=O) groups is 3. The number of likely N-dealkylation sites (tertiary alicyclic amines) is 2. The topological polar surface area (TPSA) is 145 Å². The number of carbonyl (C=O) groups excluding carboxylic acids is 3. The van der Waals surface area contributed by atoms with Crippen molar-refractivity contribution in [3.8, 4) is 0 Å². The van der Waals surface area contributed by atoms with Crippen molar-refractivity contribution in [1.82, 2.24) is 24.7 Å². The lowest BCUT2D eigenvalue weighted by Crippen LogP contribution is -2.51. The van der Waals surface area contributed by atoms with Gasteiger partial charge in [0.05, 0.1) is 10.6 Å². The molecule has 5 rings (SSSR count). The van der Waals surface area contributed by atoms with Crippen LogP contribution < -0.4 is 15.8 Å². The molecule has 3 aromatic rings. The normalized spacial score (nSPS) is 16.6. The zero-order valence-corrected chi connectivity index (χ0v) is 33.7. The average Bonchev–Trinajstić information content (AvgIpc) is 3.14. The molecule has 2 fully saturated rings.